The van der Waals surface area contributed by atoms with E-state index in [1.807, 2.05) is 36.0 Å². The van der Waals surface area contributed by atoms with Crippen molar-refractivity contribution in [3.8, 4) is 5.75 Å². The van der Waals surface area contributed by atoms with Crippen molar-refractivity contribution in [3.63, 3.8) is 0 Å². The van der Waals surface area contributed by atoms with Crippen LogP contribution in [0.15, 0.2) is 60.9 Å². The number of aromatic nitrogens is 2. The van der Waals surface area contributed by atoms with Crippen LogP contribution in [0.1, 0.15) is 11.4 Å². The van der Waals surface area contributed by atoms with E-state index < -0.39 is 0 Å². The molecular weight excluding hydrogens is 366 g/mol. The molecule has 6 nitrogen and oxygen atoms in total. The van der Waals surface area contributed by atoms with Crippen LogP contribution in [0.2, 0.25) is 5.02 Å². The van der Waals surface area contributed by atoms with Gasteiger partial charge < -0.3 is 19.4 Å². The van der Waals surface area contributed by atoms with Gasteiger partial charge in [-0.05, 0) is 35.9 Å². The van der Waals surface area contributed by atoms with E-state index in [0.717, 1.165) is 11.4 Å². The molecule has 0 spiro atoms. The lowest BCUT2D eigenvalue weighted by Crippen LogP contribution is -2.18. The number of imidazole rings is 1. The first-order valence-electron chi connectivity index (χ1n) is 8.42. The maximum absolute atomic E-state index is 12.0. The van der Waals surface area contributed by atoms with Crippen LogP contribution in [0.25, 0.3) is 0 Å². The first-order valence-corrected chi connectivity index (χ1v) is 8.79. The topological polar surface area (TPSA) is 65.4 Å². The molecule has 0 aliphatic carbocycles. The number of nitrogens with zero attached hydrogens (tertiary/aromatic N) is 2. The van der Waals surface area contributed by atoms with Gasteiger partial charge in [-0.3, -0.25) is 4.79 Å². The molecule has 0 radical (unpaired) electrons. The maximum atomic E-state index is 12.0. The number of amides is 1. The van der Waals surface area contributed by atoms with Crippen LogP contribution < -0.4 is 10.1 Å². The normalized spacial score (nSPS) is 10.6. The van der Waals surface area contributed by atoms with Gasteiger partial charge in [0.1, 0.15) is 24.8 Å². The van der Waals surface area contributed by atoms with Crippen molar-refractivity contribution in [1.82, 2.24) is 9.55 Å². The van der Waals surface area contributed by atoms with Gasteiger partial charge in [0, 0.05) is 30.2 Å². The third-order valence-electron chi connectivity index (χ3n) is 3.88. The van der Waals surface area contributed by atoms with Crippen molar-refractivity contribution in [1.29, 1.82) is 0 Å². The van der Waals surface area contributed by atoms with E-state index in [1.165, 1.54) is 0 Å². The van der Waals surface area contributed by atoms with Gasteiger partial charge in [-0.15, -0.1) is 0 Å². The number of carbonyl (C=O) groups excluding carboxylic acids is 1. The van der Waals surface area contributed by atoms with Crippen LogP contribution in [0.3, 0.4) is 0 Å². The molecule has 0 aliphatic rings. The largest absolute Gasteiger partial charge is 0.486 e. The Morgan fingerprint density at radius 3 is 2.63 bits per heavy atom. The van der Waals surface area contributed by atoms with Crippen molar-refractivity contribution in [3.05, 3.63) is 77.3 Å². The highest BCUT2D eigenvalue weighted by Gasteiger charge is 2.06. The Morgan fingerprint density at radius 1 is 1.15 bits per heavy atom. The summed E-state index contributed by atoms with van der Waals surface area (Å²) in [6, 6.07) is 14.5. The number of hydrogen-bond acceptors (Lipinski definition) is 4. The highest BCUT2D eigenvalue weighted by atomic mass is 35.5. The molecule has 1 N–H and O–H groups in total. The molecule has 1 heterocycles. The summed E-state index contributed by atoms with van der Waals surface area (Å²) in [4.78, 5) is 16.2. The monoisotopic (exact) mass is 385 g/mol. The minimum atomic E-state index is -0.233. The molecule has 0 fully saturated rings. The zero-order chi connectivity index (χ0) is 19.1. The van der Waals surface area contributed by atoms with E-state index in [1.54, 1.807) is 36.5 Å². The molecule has 0 bridgehead atoms. The Balaban J connectivity index is 1.43. The number of rotatable bonds is 8. The maximum Gasteiger partial charge on any atom is 0.250 e. The average molecular weight is 386 g/mol. The molecule has 1 amide bonds. The molecule has 0 saturated heterocycles. The van der Waals surface area contributed by atoms with Gasteiger partial charge in [0.05, 0.1) is 6.61 Å². The van der Waals surface area contributed by atoms with E-state index in [2.05, 4.69) is 10.3 Å². The SMILES string of the molecule is Cn1ccnc1COc1ccc(NC(=O)COCc2ccccc2Cl)cc1. The van der Waals surface area contributed by atoms with E-state index in [4.69, 9.17) is 21.1 Å². The van der Waals surface area contributed by atoms with Gasteiger partial charge in [0.25, 0.3) is 0 Å². The van der Waals surface area contributed by atoms with Crippen molar-refractivity contribution in [2.24, 2.45) is 7.05 Å². The van der Waals surface area contributed by atoms with Crippen LogP contribution in [0.5, 0.6) is 5.75 Å². The average Bonchev–Trinajstić information content (AvgIpc) is 3.08. The highest BCUT2D eigenvalue weighted by Crippen LogP contribution is 2.17. The number of hydrogen-bond donors (Lipinski definition) is 1. The van der Waals surface area contributed by atoms with E-state index in [0.29, 0.717) is 23.1 Å². The zero-order valence-electron chi connectivity index (χ0n) is 14.9. The standard InChI is InChI=1S/C20H20ClN3O3/c1-24-11-10-22-19(24)13-27-17-8-6-16(7-9-17)23-20(25)14-26-12-15-4-2-3-5-18(15)21/h2-11H,12-14H2,1H3,(H,23,25). The number of anilines is 1. The van der Waals surface area contributed by atoms with Crippen molar-refractivity contribution in [2.45, 2.75) is 13.2 Å². The van der Waals surface area contributed by atoms with Crippen molar-refractivity contribution < 1.29 is 14.3 Å². The lowest BCUT2D eigenvalue weighted by atomic mass is 10.2. The minimum absolute atomic E-state index is 0.0529. The Bertz CT molecular complexity index is 893. The first-order chi connectivity index (χ1) is 13.1. The summed E-state index contributed by atoms with van der Waals surface area (Å²) in [6.07, 6.45) is 3.59. The number of benzene rings is 2. The predicted octanol–water partition coefficient (Wildman–Crippen LogP) is 3.81. The van der Waals surface area contributed by atoms with Crippen LogP contribution in [-0.2, 0) is 29.8 Å². The third-order valence-corrected chi connectivity index (χ3v) is 4.24. The second-order valence-electron chi connectivity index (χ2n) is 5.90. The second-order valence-corrected chi connectivity index (χ2v) is 6.31. The van der Waals surface area contributed by atoms with Crippen molar-refractivity contribution in [2.75, 3.05) is 11.9 Å². The fourth-order valence-corrected chi connectivity index (χ4v) is 2.57. The zero-order valence-corrected chi connectivity index (χ0v) is 15.6. The first kappa shape index (κ1) is 18.9. The van der Waals surface area contributed by atoms with Crippen LogP contribution in [-0.4, -0.2) is 22.1 Å². The summed E-state index contributed by atoms with van der Waals surface area (Å²) in [6.45, 7) is 0.612. The summed E-state index contributed by atoms with van der Waals surface area (Å²) < 4.78 is 13.0. The number of ether oxygens (including phenoxy) is 2. The fraction of sp³-hybridized carbons (Fsp3) is 0.200. The summed E-state index contributed by atoms with van der Waals surface area (Å²) in [5, 5.41) is 3.40. The van der Waals surface area contributed by atoms with Gasteiger partial charge in [0.15, 0.2) is 0 Å². The Hall–Kier alpha value is -2.83. The highest BCUT2D eigenvalue weighted by molar-refractivity contribution is 6.31. The molecule has 1 aromatic heterocycles. The van der Waals surface area contributed by atoms with Gasteiger partial charge in [-0.1, -0.05) is 29.8 Å². The lowest BCUT2D eigenvalue weighted by Gasteiger charge is -2.09. The summed E-state index contributed by atoms with van der Waals surface area (Å²) in [5.41, 5.74) is 1.52. The number of carbonyl (C=O) groups is 1. The Labute approximate surface area is 162 Å². The van der Waals surface area contributed by atoms with Crippen LogP contribution >= 0.6 is 11.6 Å². The fourth-order valence-electron chi connectivity index (χ4n) is 2.38. The molecule has 27 heavy (non-hydrogen) atoms. The molecule has 0 unspecified atom stereocenters. The molecule has 0 aliphatic heterocycles. The molecule has 2 aromatic carbocycles. The minimum Gasteiger partial charge on any atom is -0.486 e. The predicted molar refractivity (Wildman–Crippen MR) is 104 cm³/mol. The summed E-state index contributed by atoms with van der Waals surface area (Å²) >= 11 is 6.05. The van der Waals surface area contributed by atoms with Gasteiger partial charge >= 0.3 is 0 Å². The number of aryl methyl sites for hydroxylation is 1. The second kappa shape index (κ2) is 9.21. The molecule has 3 rings (SSSR count). The van der Waals surface area contributed by atoms with E-state index in [9.17, 15) is 4.79 Å². The van der Waals surface area contributed by atoms with Gasteiger partial charge in [-0.2, -0.15) is 0 Å². The summed E-state index contributed by atoms with van der Waals surface area (Å²) in [7, 11) is 1.91. The smallest absolute Gasteiger partial charge is 0.250 e. The van der Waals surface area contributed by atoms with E-state index >= 15 is 0 Å². The molecule has 0 atom stereocenters. The number of halogens is 1. The third kappa shape index (κ3) is 5.57. The van der Waals surface area contributed by atoms with Gasteiger partial charge in [0.2, 0.25) is 5.91 Å². The quantitative estimate of drug-likeness (QED) is 0.640. The molecule has 7 heteroatoms. The molecule has 0 saturated carbocycles. The van der Waals surface area contributed by atoms with Crippen molar-refractivity contribution >= 4 is 23.2 Å². The summed E-state index contributed by atoms with van der Waals surface area (Å²) in [5.74, 6) is 1.30. The Morgan fingerprint density at radius 2 is 1.93 bits per heavy atom. The lowest BCUT2D eigenvalue weighted by molar-refractivity contribution is -0.121. The van der Waals surface area contributed by atoms with Gasteiger partial charge in [-0.25, -0.2) is 4.98 Å². The Kier molecular flexibility index (Phi) is 6.46. The molecule has 3 aromatic rings. The van der Waals surface area contributed by atoms with Crippen LogP contribution in [0, 0.1) is 0 Å². The molecule has 140 valence electrons. The molecular formula is C20H20ClN3O3. The van der Waals surface area contributed by atoms with E-state index in [-0.39, 0.29) is 19.1 Å². The van der Waals surface area contributed by atoms with Crippen LogP contribution in [0.4, 0.5) is 5.69 Å². The number of nitrogens with one attached hydrogen (secondary N) is 1.